The Morgan fingerprint density at radius 1 is 1.29 bits per heavy atom. The van der Waals surface area contributed by atoms with Crippen LogP contribution in [-0.2, 0) is 22.7 Å². The summed E-state index contributed by atoms with van der Waals surface area (Å²) < 4.78 is 1.82. The molecule has 1 fully saturated rings. The van der Waals surface area contributed by atoms with Crippen molar-refractivity contribution in [2.75, 3.05) is 0 Å². The number of amides is 2. The van der Waals surface area contributed by atoms with E-state index in [4.69, 9.17) is 0 Å². The number of rotatable bonds is 5. The van der Waals surface area contributed by atoms with Crippen LogP contribution < -0.4 is 5.32 Å². The van der Waals surface area contributed by atoms with E-state index in [1.807, 2.05) is 31.6 Å². The van der Waals surface area contributed by atoms with E-state index < -0.39 is 11.6 Å². The number of aryl methyl sites for hydroxylation is 1. The van der Waals surface area contributed by atoms with Crippen molar-refractivity contribution in [3.05, 3.63) is 18.0 Å². The zero-order valence-corrected chi connectivity index (χ0v) is 13.2. The first kappa shape index (κ1) is 15.5. The number of piperazine rings is 1. The molecule has 0 bridgehead atoms. The van der Waals surface area contributed by atoms with Crippen molar-refractivity contribution in [3.63, 3.8) is 0 Å². The molecule has 21 heavy (non-hydrogen) atoms. The van der Waals surface area contributed by atoms with E-state index >= 15 is 0 Å². The summed E-state index contributed by atoms with van der Waals surface area (Å²) in [5.41, 5.74) is 0.192. The van der Waals surface area contributed by atoms with Gasteiger partial charge in [0.2, 0.25) is 11.8 Å². The van der Waals surface area contributed by atoms with E-state index in [1.165, 1.54) is 0 Å². The van der Waals surface area contributed by atoms with Gasteiger partial charge in [-0.3, -0.25) is 14.3 Å². The molecule has 1 aliphatic heterocycles. The lowest BCUT2D eigenvalue weighted by atomic mass is 9.87. The molecule has 0 radical (unpaired) electrons. The highest BCUT2D eigenvalue weighted by atomic mass is 16.2. The van der Waals surface area contributed by atoms with Crippen LogP contribution in [0, 0.1) is 0 Å². The number of hydrogen-bond acceptors (Lipinski definition) is 3. The van der Waals surface area contributed by atoms with E-state index in [0.717, 1.165) is 12.1 Å². The van der Waals surface area contributed by atoms with Crippen molar-refractivity contribution in [1.82, 2.24) is 20.0 Å². The predicted octanol–water partition coefficient (Wildman–Crippen LogP) is 1.31. The molecule has 0 spiro atoms. The van der Waals surface area contributed by atoms with Gasteiger partial charge in [-0.05, 0) is 26.7 Å². The molecule has 1 aliphatic rings. The van der Waals surface area contributed by atoms with Gasteiger partial charge in [0.15, 0.2) is 0 Å². The van der Waals surface area contributed by atoms with Gasteiger partial charge in [-0.15, -0.1) is 0 Å². The third kappa shape index (κ3) is 2.66. The Labute approximate surface area is 125 Å². The third-order valence-corrected chi connectivity index (χ3v) is 4.45. The summed E-state index contributed by atoms with van der Waals surface area (Å²) in [5, 5.41) is 7.13. The van der Waals surface area contributed by atoms with Crippen molar-refractivity contribution in [3.8, 4) is 0 Å². The standard InChI is InChI=1S/C15H24N4O2/c1-5-15(6-2)14(21)19(11(4)13(20)17-15)10-12-8-16-18(7-3)9-12/h8-9,11H,5-7,10H2,1-4H3,(H,17,20). The fourth-order valence-corrected chi connectivity index (χ4v) is 2.78. The van der Waals surface area contributed by atoms with Crippen LogP contribution in [0.15, 0.2) is 12.4 Å². The molecule has 1 atom stereocenters. The number of nitrogens with zero attached hydrogens (tertiary/aromatic N) is 3. The zero-order chi connectivity index (χ0) is 15.6. The lowest BCUT2D eigenvalue weighted by Crippen LogP contribution is -2.69. The molecule has 1 unspecified atom stereocenters. The van der Waals surface area contributed by atoms with Gasteiger partial charge in [-0.1, -0.05) is 13.8 Å². The smallest absolute Gasteiger partial charge is 0.249 e. The topological polar surface area (TPSA) is 67.2 Å². The van der Waals surface area contributed by atoms with Crippen LogP contribution in [0.2, 0.25) is 0 Å². The molecular formula is C15H24N4O2. The molecule has 1 aromatic heterocycles. The molecule has 6 nitrogen and oxygen atoms in total. The molecule has 1 aromatic rings. The lowest BCUT2D eigenvalue weighted by molar-refractivity contribution is -0.155. The molecule has 1 saturated heterocycles. The first-order valence-corrected chi connectivity index (χ1v) is 7.61. The molecule has 116 valence electrons. The number of carbonyl (C=O) groups excluding carboxylic acids is 2. The first-order valence-electron chi connectivity index (χ1n) is 7.61. The second-order valence-electron chi connectivity index (χ2n) is 5.59. The zero-order valence-electron chi connectivity index (χ0n) is 13.2. The largest absolute Gasteiger partial charge is 0.340 e. The van der Waals surface area contributed by atoms with Crippen molar-refractivity contribution in [1.29, 1.82) is 0 Å². The number of hydrogen-bond donors (Lipinski definition) is 1. The van der Waals surface area contributed by atoms with Crippen molar-refractivity contribution in [2.45, 2.75) is 65.2 Å². The van der Waals surface area contributed by atoms with Crippen molar-refractivity contribution >= 4 is 11.8 Å². The van der Waals surface area contributed by atoms with Gasteiger partial charge in [0, 0.05) is 24.8 Å². The molecular weight excluding hydrogens is 268 g/mol. The van der Waals surface area contributed by atoms with Crippen LogP contribution in [-0.4, -0.2) is 38.1 Å². The monoisotopic (exact) mass is 292 g/mol. The average molecular weight is 292 g/mol. The van der Waals surface area contributed by atoms with Crippen LogP contribution in [0.1, 0.15) is 46.1 Å². The van der Waals surface area contributed by atoms with E-state index in [9.17, 15) is 9.59 Å². The van der Waals surface area contributed by atoms with Crippen LogP contribution in [0.4, 0.5) is 0 Å². The molecule has 0 aliphatic carbocycles. The first-order chi connectivity index (χ1) is 9.97. The molecule has 2 rings (SSSR count). The highest BCUT2D eigenvalue weighted by Gasteiger charge is 2.47. The van der Waals surface area contributed by atoms with Gasteiger partial charge < -0.3 is 10.2 Å². The summed E-state index contributed by atoms with van der Waals surface area (Å²) in [4.78, 5) is 26.7. The van der Waals surface area contributed by atoms with Crippen LogP contribution in [0.3, 0.4) is 0 Å². The lowest BCUT2D eigenvalue weighted by Gasteiger charge is -2.44. The minimum absolute atomic E-state index is 0.00356. The van der Waals surface area contributed by atoms with E-state index in [2.05, 4.69) is 10.4 Å². The Morgan fingerprint density at radius 3 is 2.48 bits per heavy atom. The van der Waals surface area contributed by atoms with Gasteiger partial charge in [-0.2, -0.15) is 5.10 Å². The Morgan fingerprint density at radius 2 is 1.95 bits per heavy atom. The van der Waals surface area contributed by atoms with Crippen LogP contribution in [0.5, 0.6) is 0 Å². The maximum absolute atomic E-state index is 12.8. The molecule has 2 amide bonds. The Balaban J connectivity index is 2.26. The molecule has 0 saturated carbocycles. The van der Waals surface area contributed by atoms with E-state index in [-0.39, 0.29) is 11.8 Å². The Hall–Kier alpha value is -1.85. The maximum atomic E-state index is 12.8. The summed E-state index contributed by atoms with van der Waals surface area (Å²) in [6.07, 6.45) is 4.89. The highest BCUT2D eigenvalue weighted by molar-refractivity contribution is 5.99. The minimum atomic E-state index is -0.760. The summed E-state index contributed by atoms with van der Waals surface area (Å²) >= 11 is 0. The minimum Gasteiger partial charge on any atom is -0.340 e. The van der Waals surface area contributed by atoms with Crippen molar-refractivity contribution < 1.29 is 9.59 Å². The molecule has 2 heterocycles. The summed E-state index contributed by atoms with van der Waals surface area (Å²) in [6, 6.07) is -0.450. The van der Waals surface area contributed by atoms with Gasteiger partial charge in [-0.25, -0.2) is 0 Å². The number of carbonyl (C=O) groups is 2. The quantitative estimate of drug-likeness (QED) is 0.889. The number of aromatic nitrogens is 2. The number of nitrogens with one attached hydrogen (secondary N) is 1. The van der Waals surface area contributed by atoms with Gasteiger partial charge in [0.1, 0.15) is 11.6 Å². The fraction of sp³-hybridized carbons (Fsp3) is 0.667. The summed E-state index contributed by atoms with van der Waals surface area (Å²) in [7, 11) is 0. The van der Waals surface area contributed by atoms with Gasteiger partial charge in [0.05, 0.1) is 6.20 Å². The Kier molecular flexibility index (Phi) is 4.34. The van der Waals surface area contributed by atoms with E-state index in [1.54, 1.807) is 18.0 Å². The highest BCUT2D eigenvalue weighted by Crippen LogP contribution is 2.26. The second kappa shape index (κ2) is 5.87. The predicted molar refractivity (Wildman–Crippen MR) is 79.4 cm³/mol. The SMILES string of the molecule is CCn1cc(CN2C(=O)C(CC)(CC)NC(=O)C2C)cn1. The van der Waals surface area contributed by atoms with Crippen LogP contribution in [0.25, 0.3) is 0 Å². The average Bonchev–Trinajstić information content (AvgIpc) is 2.95. The summed E-state index contributed by atoms with van der Waals surface area (Å²) in [5.74, 6) is -0.0787. The summed E-state index contributed by atoms with van der Waals surface area (Å²) in [6.45, 7) is 8.87. The van der Waals surface area contributed by atoms with Crippen molar-refractivity contribution in [2.24, 2.45) is 0 Å². The fourth-order valence-electron chi connectivity index (χ4n) is 2.78. The second-order valence-corrected chi connectivity index (χ2v) is 5.59. The Bertz CT molecular complexity index is 534. The third-order valence-electron chi connectivity index (χ3n) is 4.45. The molecule has 0 aromatic carbocycles. The molecule has 6 heteroatoms. The van der Waals surface area contributed by atoms with Crippen LogP contribution >= 0.6 is 0 Å². The van der Waals surface area contributed by atoms with E-state index in [0.29, 0.717) is 19.4 Å². The maximum Gasteiger partial charge on any atom is 0.249 e. The van der Waals surface area contributed by atoms with Gasteiger partial charge in [0.25, 0.3) is 0 Å². The van der Waals surface area contributed by atoms with Gasteiger partial charge >= 0.3 is 0 Å². The normalized spacial score (nSPS) is 21.5. The molecule has 1 N–H and O–H groups in total.